The van der Waals surface area contributed by atoms with Crippen molar-refractivity contribution in [2.24, 2.45) is 0 Å². The minimum atomic E-state index is -0.519. The maximum Gasteiger partial charge on any atom is 0.310 e. The monoisotopic (exact) mass is 429 g/mol. The Bertz CT molecular complexity index is 941. The van der Waals surface area contributed by atoms with Crippen LogP contribution in [0, 0.1) is 17.0 Å². The number of nitro groups is 1. The van der Waals surface area contributed by atoms with Gasteiger partial charge in [0.05, 0.1) is 19.1 Å². The van der Waals surface area contributed by atoms with Gasteiger partial charge in [-0.25, -0.2) is 0 Å². The fraction of sp³-hybridized carbons (Fsp3) is 0.409. The van der Waals surface area contributed by atoms with Crippen molar-refractivity contribution >= 4 is 11.6 Å². The molecule has 166 valence electrons. The zero-order valence-electron chi connectivity index (χ0n) is 18.0. The van der Waals surface area contributed by atoms with E-state index >= 15 is 0 Å². The number of carbonyl (C=O) groups is 1. The molecule has 0 atom stereocenters. The van der Waals surface area contributed by atoms with Gasteiger partial charge in [-0.2, -0.15) is 0 Å². The first-order chi connectivity index (χ1) is 14.9. The summed E-state index contributed by atoms with van der Waals surface area (Å²) < 4.78 is 16.2. The molecule has 2 aromatic carbocycles. The predicted molar refractivity (Wildman–Crippen MR) is 115 cm³/mol. The van der Waals surface area contributed by atoms with E-state index in [4.69, 9.17) is 14.2 Å². The first kappa shape index (κ1) is 22.4. The quantitative estimate of drug-likeness (QED) is 0.470. The molecule has 1 saturated heterocycles. The second-order valence-electron chi connectivity index (χ2n) is 7.30. The van der Waals surface area contributed by atoms with E-state index < -0.39 is 4.92 Å². The van der Waals surface area contributed by atoms with Crippen LogP contribution < -0.4 is 14.2 Å². The lowest BCUT2D eigenvalue weighted by Gasteiger charge is -2.35. The van der Waals surface area contributed by atoms with Gasteiger partial charge in [0.25, 0.3) is 5.91 Å². The molecule has 0 radical (unpaired) electrons. The first-order valence-electron chi connectivity index (χ1n) is 10.0. The molecule has 31 heavy (non-hydrogen) atoms. The standard InChI is InChI=1S/C22H27N3O6/c1-16-12-20(29-2)21(30-3)13-17(16)14-23-8-10-24(11-9-23)22(26)15-31-19-7-5-4-6-18(19)25(27)28/h4-7,12-13H,8-11,14-15H2,1-3H3. The predicted octanol–water partition coefficient (Wildman–Crippen LogP) is 2.64. The highest BCUT2D eigenvalue weighted by molar-refractivity contribution is 5.78. The molecule has 1 fully saturated rings. The van der Waals surface area contributed by atoms with Gasteiger partial charge in [-0.3, -0.25) is 19.8 Å². The van der Waals surface area contributed by atoms with Crippen molar-refractivity contribution in [3.63, 3.8) is 0 Å². The normalized spacial score (nSPS) is 14.2. The van der Waals surface area contributed by atoms with Crippen LogP contribution in [0.4, 0.5) is 5.69 Å². The molecular weight excluding hydrogens is 402 g/mol. The number of amides is 1. The number of benzene rings is 2. The van der Waals surface area contributed by atoms with Crippen molar-refractivity contribution in [3.8, 4) is 17.2 Å². The number of nitrogens with zero attached hydrogens (tertiary/aromatic N) is 3. The SMILES string of the molecule is COc1cc(C)c(CN2CCN(C(=O)COc3ccccc3[N+](=O)[O-])CC2)cc1OC. The molecule has 0 N–H and O–H groups in total. The van der Waals surface area contributed by atoms with E-state index in [1.54, 1.807) is 31.3 Å². The summed E-state index contributed by atoms with van der Waals surface area (Å²) in [5.74, 6) is 1.32. The maximum atomic E-state index is 12.5. The molecule has 0 aliphatic carbocycles. The molecule has 1 amide bonds. The molecule has 9 nitrogen and oxygen atoms in total. The molecule has 0 unspecified atom stereocenters. The van der Waals surface area contributed by atoms with Crippen molar-refractivity contribution in [3.05, 3.63) is 57.6 Å². The Morgan fingerprint density at radius 3 is 2.32 bits per heavy atom. The van der Waals surface area contributed by atoms with Gasteiger partial charge in [-0.1, -0.05) is 12.1 Å². The molecule has 0 aromatic heterocycles. The molecule has 0 bridgehead atoms. The number of para-hydroxylation sites is 2. The van der Waals surface area contributed by atoms with Crippen LogP contribution >= 0.6 is 0 Å². The minimum absolute atomic E-state index is 0.100. The smallest absolute Gasteiger partial charge is 0.310 e. The van der Waals surface area contributed by atoms with Gasteiger partial charge < -0.3 is 19.1 Å². The Labute approximate surface area is 181 Å². The summed E-state index contributed by atoms with van der Waals surface area (Å²) in [5.41, 5.74) is 2.12. The van der Waals surface area contributed by atoms with Gasteiger partial charge in [-0.05, 0) is 36.2 Å². The van der Waals surface area contributed by atoms with Crippen LogP contribution in [-0.4, -0.2) is 67.6 Å². The zero-order chi connectivity index (χ0) is 22.4. The van der Waals surface area contributed by atoms with Gasteiger partial charge in [0.1, 0.15) is 0 Å². The third kappa shape index (κ3) is 5.43. The summed E-state index contributed by atoms with van der Waals surface area (Å²) in [6, 6.07) is 10.0. The fourth-order valence-electron chi connectivity index (χ4n) is 3.55. The lowest BCUT2D eigenvalue weighted by Crippen LogP contribution is -2.49. The van der Waals surface area contributed by atoms with E-state index in [1.165, 1.54) is 12.1 Å². The Kier molecular flexibility index (Phi) is 7.30. The number of rotatable bonds is 8. The molecular formula is C22H27N3O6. The number of carbonyl (C=O) groups excluding carboxylic acids is 1. The van der Waals surface area contributed by atoms with Crippen LogP contribution in [0.5, 0.6) is 17.2 Å². The van der Waals surface area contributed by atoms with Crippen LogP contribution in [0.1, 0.15) is 11.1 Å². The Morgan fingerprint density at radius 1 is 1.03 bits per heavy atom. The van der Waals surface area contributed by atoms with Crippen molar-refractivity contribution in [2.45, 2.75) is 13.5 Å². The van der Waals surface area contributed by atoms with E-state index in [0.717, 1.165) is 30.8 Å². The highest BCUT2D eigenvalue weighted by Gasteiger charge is 2.23. The van der Waals surface area contributed by atoms with Crippen LogP contribution in [0.25, 0.3) is 0 Å². The average molecular weight is 429 g/mol. The summed E-state index contributed by atoms with van der Waals surface area (Å²) in [7, 11) is 3.24. The van der Waals surface area contributed by atoms with E-state index in [-0.39, 0.29) is 24.0 Å². The second kappa shape index (κ2) is 10.1. The Hall–Kier alpha value is -3.33. The molecule has 1 aliphatic heterocycles. The largest absolute Gasteiger partial charge is 0.493 e. The van der Waals surface area contributed by atoms with Crippen molar-refractivity contribution < 1.29 is 23.9 Å². The van der Waals surface area contributed by atoms with Gasteiger partial charge in [-0.15, -0.1) is 0 Å². The van der Waals surface area contributed by atoms with Gasteiger partial charge in [0, 0.05) is 38.8 Å². The van der Waals surface area contributed by atoms with Crippen LogP contribution in [0.15, 0.2) is 36.4 Å². The summed E-state index contributed by atoms with van der Waals surface area (Å²) in [6.45, 7) is 5.17. The van der Waals surface area contributed by atoms with Crippen LogP contribution in [0.2, 0.25) is 0 Å². The first-order valence-corrected chi connectivity index (χ1v) is 10.0. The lowest BCUT2D eigenvalue weighted by atomic mass is 10.1. The lowest BCUT2D eigenvalue weighted by molar-refractivity contribution is -0.385. The van der Waals surface area contributed by atoms with E-state index in [9.17, 15) is 14.9 Å². The summed E-state index contributed by atoms with van der Waals surface area (Å²) in [6.07, 6.45) is 0. The molecule has 3 rings (SSSR count). The fourth-order valence-corrected chi connectivity index (χ4v) is 3.55. The molecule has 0 spiro atoms. The van der Waals surface area contributed by atoms with Crippen LogP contribution in [0.3, 0.4) is 0 Å². The van der Waals surface area contributed by atoms with E-state index in [1.807, 2.05) is 19.1 Å². The molecule has 0 saturated carbocycles. The minimum Gasteiger partial charge on any atom is -0.493 e. The summed E-state index contributed by atoms with van der Waals surface area (Å²) in [4.78, 5) is 27.1. The van der Waals surface area contributed by atoms with Gasteiger partial charge in [0.15, 0.2) is 23.9 Å². The van der Waals surface area contributed by atoms with Crippen LogP contribution in [-0.2, 0) is 11.3 Å². The molecule has 1 heterocycles. The zero-order valence-corrected chi connectivity index (χ0v) is 18.0. The van der Waals surface area contributed by atoms with E-state index in [2.05, 4.69) is 4.90 Å². The highest BCUT2D eigenvalue weighted by Crippen LogP contribution is 2.31. The van der Waals surface area contributed by atoms with Gasteiger partial charge >= 0.3 is 5.69 Å². The van der Waals surface area contributed by atoms with Crippen molar-refractivity contribution in [1.82, 2.24) is 9.80 Å². The number of ether oxygens (including phenoxy) is 3. The second-order valence-corrected chi connectivity index (χ2v) is 7.30. The molecule has 9 heteroatoms. The number of hydrogen-bond donors (Lipinski definition) is 0. The summed E-state index contributed by atoms with van der Waals surface area (Å²) in [5, 5.41) is 11.1. The summed E-state index contributed by atoms with van der Waals surface area (Å²) >= 11 is 0. The number of nitro benzene ring substituents is 1. The number of methoxy groups -OCH3 is 2. The molecule has 2 aromatic rings. The van der Waals surface area contributed by atoms with Gasteiger partial charge in [0.2, 0.25) is 0 Å². The molecule has 1 aliphatic rings. The Morgan fingerprint density at radius 2 is 1.68 bits per heavy atom. The number of hydrogen-bond acceptors (Lipinski definition) is 7. The number of piperazine rings is 1. The van der Waals surface area contributed by atoms with Crippen molar-refractivity contribution in [1.29, 1.82) is 0 Å². The average Bonchev–Trinajstić information content (AvgIpc) is 2.79. The van der Waals surface area contributed by atoms with Crippen molar-refractivity contribution in [2.75, 3.05) is 47.0 Å². The highest BCUT2D eigenvalue weighted by atomic mass is 16.6. The van der Waals surface area contributed by atoms with E-state index in [0.29, 0.717) is 24.6 Å². The third-order valence-electron chi connectivity index (χ3n) is 5.37. The maximum absolute atomic E-state index is 12.5. The Balaban J connectivity index is 1.53. The number of aryl methyl sites for hydroxylation is 1. The topological polar surface area (TPSA) is 94.4 Å². The third-order valence-corrected chi connectivity index (χ3v) is 5.37.